The summed E-state index contributed by atoms with van der Waals surface area (Å²) < 4.78 is 0. The summed E-state index contributed by atoms with van der Waals surface area (Å²) in [6.07, 6.45) is 0. The maximum atomic E-state index is 12.0. The van der Waals surface area contributed by atoms with Gasteiger partial charge in [-0.05, 0) is 48.5 Å². The van der Waals surface area contributed by atoms with Crippen molar-refractivity contribution < 1.29 is 14.7 Å². The molecule has 0 heterocycles. The maximum absolute atomic E-state index is 12.0. The number of phenolic OH excluding ortho intramolecular Hbond substituents is 1. The van der Waals surface area contributed by atoms with E-state index in [1.54, 1.807) is 12.1 Å². The van der Waals surface area contributed by atoms with E-state index >= 15 is 0 Å². The number of aromatic hydroxyl groups is 1. The number of ketones is 1. The van der Waals surface area contributed by atoms with Crippen molar-refractivity contribution in [3.63, 3.8) is 0 Å². The third kappa shape index (κ3) is 7.38. The molecule has 0 aliphatic rings. The Hall–Kier alpha value is -2.82. The fourth-order valence-corrected chi connectivity index (χ4v) is 1.92. The Morgan fingerprint density at radius 3 is 1.77 bits per heavy atom. The highest BCUT2D eigenvalue weighted by atomic mass is 16.3. The molecule has 5 nitrogen and oxygen atoms in total. The van der Waals surface area contributed by atoms with E-state index < -0.39 is 0 Å². The van der Waals surface area contributed by atoms with Crippen LogP contribution in [0.1, 0.15) is 48.4 Å². The van der Waals surface area contributed by atoms with Gasteiger partial charge in [-0.3, -0.25) is 9.59 Å². The lowest BCUT2D eigenvalue weighted by molar-refractivity contribution is 0.0904. The minimum absolute atomic E-state index is 0.0684. The molecule has 5 heteroatoms. The van der Waals surface area contributed by atoms with E-state index in [0.29, 0.717) is 11.1 Å². The molecule has 0 spiro atoms. The predicted octanol–water partition coefficient (Wildman–Crippen LogP) is 4.12. The molecule has 2 aromatic carbocycles. The zero-order valence-electron chi connectivity index (χ0n) is 16.5. The van der Waals surface area contributed by atoms with E-state index in [4.69, 9.17) is 0 Å². The fourth-order valence-electron chi connectivity index (χ4n) is 1.92. The number of hydrogen-bond acceptors (Lipinski definition) is 4. The highest BCUT2D eigenvalue weighted by Crippen LogP contribution is 2.13. The van der Waals surface area contributed by atoms with Gasteiger partial charge in [-0.2, -0.15) is 0 Å². The molecule has 0 aliphatic carbocycles. The average Bonchev–Trinajstić information content (AvgIpc) is 2.69. The second-order valence-electron chi connectivity index (χ2n) is 5.09. The number of Topliss-reactive ketones (excluding diaryl/α,β-unsaturated/α-hetero) is 1. The summed E-state index contributed by atoms with van der Waals surface area (Å²) in [6.45, 7) is 7.93. The van der Waals surface area contributed by atoms with Gasteiger partial charge in [-0.15, -0.1) is 0 Å². The Morgan fingerprint density at radius 1 is 0.846 bits per heavy atom. The van der Waals surface area contributed by atoms with Gasteiger partial charge in [0, 0.05) is 30.9 Å². The summed E-state index contributed by atoms with van der Waals surface area (Å²) in [4.78, 5) is 25.9. The van der Waals surface area contributed by atoms with Crippen molar-refractivity contribution in [3.05, 3.63) is 59.7 Å². The van der Waals surface area contributed by atoms with E-state index in [1.165, 1.54) is 24.3 Å². The zero-order chi connectivity index (χ0) is 20.1. The number of anilines is 1. The van der Waals surface area contributed by atoms with Crippen LogP contribution in [-0.2, 0) is 0 Å². The number of nitrogens with zero attached hydrogens (tertiary/aromatic N) is 1. The van der Waals surface area contributed by atoms with Crippen molar-refractivity contribution in [2.75, 3.05) is 25.5 Å². The van der Waals surface area contributed by atoms with E-state index in [1.807, 2.05) is 58.8 Å². The van der Waals surface area contributed by atoms with Gasteiger partial charge >= 0.3 is 0 Å². The van der Waals surface area contributed by atoms with Gasteiger partial charge in [0.05, 0.1) is 6.54 Å². The van der Waals surface area contributed by atoms with Crippen LogP contribution in [0.4, 0.5) is 5.69 Å². The Kier molecular flexibility index (Phi) is 11.2. The summed E-state index contributed by atoms with van der Waals surface area (Å²) in [5.41, 5.74) is 1.95. The third-order valence-corrected chi connectivity index (χ3v) is 3.24. The molecule has 0 saturated heterocycles. The van der Waals surface area contributed by atoms with E-state index in [-0.39, 0.29) is 24.0 Å². The zero-order valence-corrected chi connectivity index (χ0v) is 16.5. The number of carbonyl (C=O) groups is 2. The monoisotopic (exact) mass is 358 g/mol. The van der Waals surface area contributed by atoms with Crippen molar-refractivity contribution in [2.24, 2.45) is 0 Å². The first-order valence-corrected chi connectivity index (χ1v) is 8.85. The molecule has 0 aliphatic heterocycles. The second kappa shape index (κ2) is 12.5. The summed E-state index contributed by atoms with van der Waals surface area (Å²) in [6, 6.07) is 13.0. The van der Waals surface area contributed by atoms with Gasteiger partial charge in [0.25, 0.3) is 5.91 Å². The molecular formula is C21H30N2O3. The van der Waals surface area contributed by atoms with E-state index in [9.17, 15) is 14.7 Å². The van der Waals surface area contributed by atoms with E-state index in [2.05, 4.69) is 5.32 Å². The normalized spacial score (nSPS) is 9.00. The minimum atomic E-state index is -0.349. The Balaban J connectivity index is 0.00000146. The second-order valence-corrected chi connectivity index (χ2v) is 5.09. The lowest BCUT2D eigenvalue weighted by Crippen LogP contribution is -2.29. The maximum Gasteiger partial charge on any atom is 0.251 e. The number of phenols is 1. The standard InChI is InChI=1S/C17H18N2O3.2C2H6/c1-19(2)14-7-3-12(4-8-14)16(21)11-18-17(22)13-5-9-15(20)10-6-13;2*1-2/h3-10,20H,11H2,1-2H3,(H,18,22);2*1-2H3. The quantitative estimate of drug-likeness (QED) is 0.789. The summed E-state index contributed by atoms with van der Waals surface area (Å²) in [5.74, 6) is -0.413. The molecule has 0 unspecified atom stereocenters. The molecule has 1 amide bonds. The van der Waals surface area contributed by atoms with Gasteiger partial charge in [0.15, 0.2) is 5.78 Å². The van der Waals surface area contributed by atoms with E-state index in [0.717, 1.165) is 5.69 Å². The Labute approximate surface area is 156 Å². The van der Waals surface area contributed by atoms with Crippen LogP contribution in [-0.4, -0.2) is 37.4 Å². The molecule has 0 atom stereocenters. The number of benzene rings is 2. The highest BCUT2D eigenvalue weighted by Gasteiger charge is 2.10. The molecule has 26 heavy (non-hydrogen) atoms. The number of amides is 1. The Bertz CT molecular complexity index is 663. The van der Waals surface area contributed by atoms with Gasteiger partial charge in [-0.1, -0.05) is 27.7 Å². The van der Waals surface area contributed by atoms with Crippen LogP contribution in [0.3, 0.4) is 0 Å². The van der Waals surface area contributed by atoms with Crippen LogP contribution >= 0.6 is 0 Å². The van der Waals surface area contributed by atoms with Gasteiger partial charge in [-0.25, -0.2) is 0 Å². The number of hydrogen-bond donors (Lipinski definition) is 2. The minimum Gasteiger partial charge on any atom is -0.508 e. The third-order valence-electron chi connectivity index (χ3n) is 3.24. The molecular weight excluding hydrogens is 328 g/mol. The van der Waals surface area contributed by atoms with Crippen molar-refractivity contribution >= 4 is 17.4 Å². The SMILES string of the molecule is CC.CC.CN(C)c1ccc(C(=O)CNC(=O)c2ccc(O)cc2)cc1. The molecule has 2 rings (SSSR count). The first-order chi connectivity index (χ1) is 12.5. The largest absolute Gasteiger partial charge is 0.508 e. The molecule has 0 bridgehead atoms. The first kappa shape index (κ1) is 23.2. The molecule has 0 saturated carbocycles. The molecule has 2 aromatic rings. The predicted molar refractivity (Wildman–Crippen MR) is 108 cm³/mol. The summed E-state index contributed by atoms with van der Waals surface area (Å²) in [7, 11) is 3.85. The molecule has 142 valence electrons. The van der Waals surface area contributed by atoms with Crippen LogP contribution in [0, 0.1) is 0 Å². The van der Waals surface area contributed by atoms with Crippen LogP contribution < -0.4 is 10.2 Å². The summed E-state index contributed by atoms with van der Waals surface area (Å²) in [5, 5.41) is 11.8. The molecule has 0 fully saturated rings. The van der Waals surface area contributed by atoms with Crippen LogP contribution in [0.2, 0.25) is 0 Å². The molecule has 0 aromatic heterocycles. The highest BCUT2D eigenvalue weighted by molar-refractivity contribution is 6.02. The average molecular weight is 358 g/mol. The van der Waals surface area contributed by atoms with Gasteiger partial charge in [0.1, 0.15) is 5.75 Å². The first-order valence-electron chi connectivity index (χ1n) is 8.85. The van der Waals surface area contributed by atoms with Crippen molar-refractivity contribution in [3.8, 4) is 5.75 Å². The fraction of sp³-hybridized carbons (Fsp3) is 0.333. The lowest BCUT2D eigenvalue weighted by atomic mass is 10.1. The molecule has 2 N–H and O–H groups in total. The number of rotatable bonds is 5. The molecule has 0 radical (unpaired) electrons. The smallest absolute Gasteiger partial charge is 0.251 e. The van der Waals surface area contributed by atoms with Gasteiger partial charge < -0.3 is 15.3 Å². The van der Waals surface area contributed by atoms with Crippen LogP contribution in [0.5, 0.6) is 5.75 Å². The van der Waals surface area contributed by atoms with Crippen molar-refractivity contribution in [1.29, 1.82) is 0 Å². The Morgan fingerprint density at radius 2 is 1.31 bits per heavy atom. The van der Waals surface area contributed by atoms with Crippen LogP contribution in [0.25, 0.3) is 0 Å². The number of carbonyl (C=O) groups excluding carboxylic acids is 2. The number of nitrogens with one attached hydrogen (secondary N) is 1. The van der Waals surface area contributed by atoms with Crippen LogP contribution in [0.15, 0.2) is 48.5 Å². The topological polar surface area (TPSA) is 69.6 Å². The lowest BCUT2D eigenvalue weighted by Gasteiger charge is -2.12. The van der Waals surface area contributed by atoms with Crippen molar-refractivity contribution in [2.45, 2.75) is 27.7 Å². The van der Waals surface area contributed by atoms with Crippen molar-refractivity contribution in [1.82, 2.24) is 5.32 Å². The summed E-state index contributed by atoms with van der Waals surface area (Å²) >= 11 is 0. The van der Waals surface area contributed by atoms with Gasteiger partial charge in [0.2, 0.25) is 0 Å².